The molecule has 1 aliphatic rings. The Hall–Kier alpha value is -1.88. The second kappa shape index (κ2) is 7.79. The van der Waals surface area contributed by atoms with Gasteiger partial charge in [0.1, 0.15) is 5.65 Å². The van der Waals surface area contributed by atoms with Crippen molar-refractivity contribution in [1.82, 2.24) is 19.6 Å². The van der Waals surface area contributed by atoms with Crippen molar-refractivity contribution in [3.8, 4) is 0 Å². The van der Waals surface area contributed by atoms with E-state index in [4.69, 9.17) is 0 Å². The van der Waals surface area contributed by atoms with Gasteiger partial charge in [0.25, 0.3) is 5.91 Å². The van der Waals surface area contributed by atoms with Crippen molar-refractivity contribution < 1.29 is 4.79 Å². The molecule has 5 heteroatoms. The maximum atomic E-state index is 12.3. The zero-order valence-corrected chi connectivity index (χ0v) is 14.8. The summed E-state index contributed by atoms with van der Waals surface area (Å²) in [5.41, 5.74) is 3.82. The number of rotatable bonds is 7. The lowest BCUT2D eigenvalue weighted by molar-refractivity contribution is 0.0952. The lowest BCUT2D eigenvalue weighted by Gasteiger charge is -2.14. The summed E-state index contributed by atoms with van der Waals surface area (Å²) in [6.45, 7) is 8.56. The molecule has 1 amide bonds. The van der Waals surface area contributed by atoms with Gasteiger partial charge < -0.3 is 14.6 Å². The number of carbonyl (C=O) groups is 1. The fraction of sp³-hybridized carbons (Fsp3) is 0.579. The van der Waals surface area contributed by atoms with E-state index in [1.54, 1.807) is 0 Å². The third-order valence-corrected chi connectivity index (χ3v) is 4.94. The van der Waals surface area contributed by atoms with E-state index in [-0.39, 0.29) is 5.91 Å². The van der Waals surface area contributed by atoms with E-state index in [0.717, 1.165) is 49.4 Å². The maximum absolute atomic E-state index is 12.3. The predicted molar refractivity (Wildman–Crippen MR) is 96.5 cm³/mol. The Morgan fingerprint density at radius 1 is 1.25 bits per heavy atom. The summed E-state index contributed by atoms with van der Waals surface area (Å²) in [6, 6.07) is 3.79. The number of nitrogens with one attached hydrogen (secondary N) is 1. The van der Waals surface area contributed by atoms with Crippen LogP contribution >= 0.6 is 0 Å². The molecule has 24 heavy (non-hydrogen) atoms. The zero-order valence-electron chi connectivity index (χ0n) is 14.8. The summed E-state index contributed by atoms with van der Waals surface area (Å²) in [7, 11) is 0. The molecule has 2 aromatic rings. The molecule has 0 saturated carbocycles. The first kappa shape index (κ1) is 17.0. The Balaban J connectivity index is 1.51. The molecule has 0 bridgehead atoms. The van der Waals surface area contributed by atoms with E-state index >= 15 is 0 Å². The average molecular weight is 328 g/mol. The first-order valence-electron chi connectivity index (χ1n) is 9.17. The topological polar surface area (TPSA) is 49.6 Å². The van der Waals surface area contributed by atoms with Crippen molar-refractivity contribution in [1.29, 1.82) is 0 Å². The van der Waals surface area contributed by atoms with Crippen molar-refractivity contribution in [2.75, 3.05) is 26.2 Å². The highest BCUT2D eigenvalue weighted by Crippen LogP contribution is 2.14. The minimum absolute atomic E-state index is 0.00391. The Bertz CT molecular complexity index is 701. The molecule has 1 fully saturated rings. The van der Waals surface area contributed by atoms with Gasteiger partial charge in [-0.25, -0.2) is 4.98 Å². The molecular weight excluding hydrogens is 300 g/mol. The highest BCUT2D eigenvalue weighted by Gasteiger charge is 2.12. The number of hydrogen-bond donors (Lipinski definition) is 1. The predicted octanol–water partition coefficient (Wildman–Crippen LogP) is 2.81. The van der Waals surface area contributed by atoms with Gasteiger partial charge in [0.05, 0.1) is 11.3 Å². The van der Waals surface area contributed by atoms with E-state index in [1.807, 2.05) is 22.7 Å². The quantitative estimate of drug-likeness (QED) is 0.795. The van der Waals surface area contributed by atoms with Crippen LogP contribution in [0.15, 0.2) is 18.3 Å². The number of imidazole rings is 1. The number of aryl methyl sites for hydroxylation is 2. The van der Waals surface area contributed by atoms with E-state index in [2.05, 4.69) is 29.0 Å². The molecule has 1 N–H and O–H groups in total. The molecule has 2 aromatic heterocycles. The van der Waals surface area contributed by atoms with Crippen LogP contribution in [0.1, 0.15) is 54.4 Å². The van der Waals surface area contributed by atoms with Gasteiger partial charge in [-0.3, -0.25) is 4.79 Å². The average Bonchev–Trinajstić information content (AvgIpc) is 3.22. The van der Waals surface area contributed by atoms with Crippen LogP contribution in [0.3, 0.4) is 0 Å². The van der Waals surface area contributed by atoms with Gasteiger partial charge in [-0.05, 0) is 70.8 Å². The summed E-state index contributed by atoms with van der Waals surface area (Å²) in [5, 5.41) is 3.04. The summed E-state index contributed by atoms with van der Waals surface area (Å²) in [4.78, 5) is 19.4. The zero-order chi connectivity index (χ0) is 16.9. The van der Waals surface area contributed by atoms with Crippen molar-refractivity contribution in [2.24, 2.45) is 0 Å². The molecule has 130 valence electrons. The van der Waals surface area contributed by atoms with Crippen LogP contribution in [0.4, 0.5) is 0 Å². The molecule has 0 atom stereocenters. The Morgan fingerprint density at radius 2 is 2.04 bits per heavy atom. The number of nitrogens with zero attached hydrogens (tertiary/aromatic N) is 3. The molecule has 0 aliphatic carbocycles. The van der Waals surface area contributed by atoms with Gasteiger partial charge in [-0.15, -0.1) is 0 Å². The molecule has 0 unspecified atom stereocenters. The molecular formula is C19H28N4O. The van der Waals surface area contributed by atoms with Crippen LogP contribution in [0.25, 0.3) is 5.65 Å². The smallest absolute Gasteiger partial charge is 0.252 e. The normalized spacial score (nSPS) is 15.2. The third kappa shape index (κ3) is 3.78. The number of carbonyl (C=O) groups excluding carboxylic acids is 1. The Kier molecular flexibility index (Phi) is 5.51. The molecule has 5 nitrogen and oxygen atoms in total. The van der Waals surface area contributed by atoms with Crippen LogP contribution in [0.5, 0.6) is 0 Å². The molecule has 3 heterocycles. The molecule has 1 aliphatic heterocycles. The van der Waals surface area contributed by atoms with Gasteiger partial charge in [-0.1, -0.05) is 6.92 Å². The van der Waals surface area contributed by atoms with Gasteiger partial charge in [0.15, 0.2) is 0 Å². The number of fused-ring (bicyclic) bond motifs is 1. The number of pyridine rings is 1. The minimum atomic E-state index is 0.00391. The Morgan fingerprint density at radius 3 is 2.79 bits per heavy atom. The fourth-order valence-electron chi connectivity index (χ4n) is 3.45. The molecule has 0 radical (unpaired) electrons. The van der Waals surface area contributed by atoms with Gasteiger partial charge in [0, 0.05) is 18.4 Å². The summed E-state index contributed by atoms with van der Waals surface area (Å²) in [5.74, 6) is 0.00391. The number of aromatic nitrogens is 2. The van der Waals surface area contributed by atoms with Gasteiger partial charge >= 0.3 is 0 Å². The van der Waals surface area contributed by atoms with Crippen LogP contribution in [0, 0.1) is 6.92 Å². The lowest BCUT2D eigenvalue weighted by Crippen LogP contribution is -2.26. The van der Waals surface area contributed by atoms with Crippen molar-refractivity contribution in [3.63, 3.8) is 0 Å². The van der Waals surface area contributed by atoms with Crippen LogP contribution in [0.2, 0.25) is 0 Å². The van der Waals surface area contributed by atoms with E-state index < -0.39 is 0 Å². The maximum Gasteiger partial charge on any atom is 0.252 e. The number of hydrogen-bond acceptors (Lipinski definition) is 3. The summed E-state index contributed by atoms with van der Waals surface area (Å²) in [6.07, 6.45) is 7.68. The highest BCUT2D eigenvalue weighted by atomic mass is 16.1. The number of amides is 1. The molecule has 0 spiro atoms. The molecule has 3 rings (SSSR count). The number of unbranched alkanes of at least 4 members (excludes halogenated alkanes) is 1. The number of likely N-dealkylation sites (tertiary alicyclic amines) is 1. The third-order valence-electron chi connectivity index (χ3n) is 4.94. The highest BCUT2D eigenvalue weighted by molar-refractivity contribution is 5.94. The summed E-state index contributed by atoms with van der Waals surface area (Å²) < 4.78 is 2.02. The summed E-state index contributed by atoms with van der Waals surface area (Å²) >= 11 is 0. The van der Waals surface area contributed by atoms with Gasteiger partial charge in [0.2, 0.25) is 0 Å². The monoisotopic (exact) mass is 328 g/mol. The first-order chi connectivity index (χ1) is 11.7. The van der Waals surface area contributed by atoms with Crippen LogP contribution < -0.4 is 5.32 Å². The SMILES string of the molecule is CCc1nc2ccc(C(=O)NCCCCN3CCCC3)cn2c1C. The van der Waals surface area contributed by atoms with E-state index in [1.165, 1.54) is 25.9 Å². The van der Waals surface area contributed by atoms with Crippen molar-refractivity contribution in [3.05, 3.63) is 35.3 Å². The molecule has 0 aromatic carbocycles. The largest absolute Gasteiger partial charge is 0.352 e. The second-order valence-electron chi connectivity index (χ2n) is 6.66. The second-order valence-corrected chi connectivity index (χ2v) is 6.66. The fourth-order valence-corrected chi connectivity index (χ4v) is 3.45. The van der Waals surface area contributed by atoms with Crippen molar-refractivity contribution in [2.45, 2.75) is 46.0 Å². The first-order valence-corrected chi connectivity index (χ1v) is 9.17. The standard InChI is InChI=1S/C19H28N4O/c1-3-17-15(2)23-14-16(8-9-18(23)21-17)19(24)20-10-4-5-11-22-12-6-7-13-22/h8-9,14H,3-7,10-13H2,1-2H3,(H,20,24). The van der Waals surface area contributed by atoms with Crippen LogP contribution in [-0.4, -0.2) is 46.4 Å². The Labute approximate surface area is 144 Å². The minimum Gasteiger partial charge on any atom is -0.352 e. The van der Waals surface area contributed by atoms with Gasteiger partial charge in [-0.2, -0.15) is 0 Å². The van der Waals surface area contributed by atoms with E-state index in [9.17, 15) is 4.79 Å². The molecule has 1 saturated heterocycles. The van der Waals surface area contributed by atoms with E-state index in [0.29, 0.717) is 5.56 Å². The lowest BCUT2D eigenvalue weighted by atomic mass is 10.2. The van der Waals surface area contributed by atoms with Crippen molar-refractivity contribution >= 4 is 11.6 Å². The van der Waals surface area contributed by atoms with Crippen LogP contribution in [-0.2, 0) is 6.42 Å².